The quantitative estimate of drug-likeness (QED) is 0.229. The molecular formula is H7KMgNNaO7S. The average Bonchev–Trinajstić information content (AvgIpc) is 1.21. The van der Waals surface area contributed by atoms with Crippen molar-refractivity contribution >= 4 is 114 Å². The van der Waals surface area contributed by atoms with Crippen molar-refractivity contribution in [1.82, 2.24) is 0 Å². The van der Waals surface area contributed by atoms with Gasteiger partial charge in [0.2, 0.25) is 0 Å². The molecule has 0 unspecified atom stereocenters. The standard InChI is InChI=1S/K.Mg.HNO6S.Na.H2O.4H/c;;2-1(3)7-8(4,5)6;;;;;;/h;;(H,4,5,6);;1H2;;;;. The van der Waals surface area contributed by atoms with E-state index in [1.165, 1.54) is 0 Å². The van der Waals surface area contributed by atoms with Crippen LogP contribution in [0.25, 0.3) is 0 Å². The molecular weight excluding hydrogens is 244 g/mol. The maximum atomic E-state index is 9.33. The predicted molar refractivity (Wildman–Crippen MR) is 46.1 cm³/mol. The Bertz CT molecular complexity index is 190. The molecule has 0 aromatic heterocycles. The predicted octanol–water partition coefficient (Wildman–Crippen LogP) is -4.04. The van der Waals surface area contributed by atoms with Crippen LogP contribution in [0.15, 0.2) is 0 Å². The number of hydrogen-bond donors (Lipinski definition) is 1. The molecule has 12 heavy (non-hydrogen) atoms. The molecule has 12 heteroatoms. The summed E-state index contributed by atoms with van der Waals surface area (Å²) < 4.78 is 28.9. The summed E-state index contributed by atoms with van der Waals surface area (Å²) in [6.45, 7) is 0. The van der Waals surface area contributed by atoms with Crippen LogP contribution in [0.2, 0.25) is 0 Å². The Morgan fingerprint density at radius 3 is 1.67 bits per heavy atom. The molecule has 8 nitrogen and oxygen atoms in total. The summed E-state index contributed by atoms with van der Waals surface area (Å²) >= 11 is 0. The first-order chi connectivity index (χ1) is 3.42. The van der Waals surface area contributed by atoms with Gasteiger partial charge in [0.15, 0.2) is 0 Å². The van der Waals surface area contributed by atoms with Crippen LogP contribution in [0.5, 0.6) is 0 Å². The molecule has 0 aliphatic heterocycles. The molecule has 0 saturated carbocycles. The van der Waals surface area contributed by atoms with Crippen LogP contribution in [0.4, 0.5) is 0 Å². The topological polar surface area (TPSA) is 138 Å². The molecule has 0 saturated heterocycles. The zero-order chi connectivity index (χ0) is 6.78. The zero-order valence-electron chi connectivity index (χ0n) is 3.84. The fourth-order valence-corrected chi connectivity index (χ4v) is 0.231. The summed E-state index contributed by atoms with van der Waals surface area (Å²) in [5.41, 5.74) is 0. The van der Waals surface area contributed by atoms with Crippen LogP contribution in [0, 0.1) is 10.1 Å². The van der Waals surface area contributed by atoms with Gasteiger partial charge in [0.05, 0.1) is 0 Å². The Hall–Kier alpha value is 2.47. The van der Waals surface area contributed by atoms with Crippen molar-refractivity contribution in [2.75, 3.05) is 0 Å². The molecule has 0 aliphatic carbocycles. The van der Waals surface area contributed by atoms with Crippen molar-refractivity contribution < 1.29 is 27.8 Å². The van der Waals surface area contributed by atoms with Gasteiger partial charge in [-0.2, -0.15) is 12.7 Å². The van der Waals surface area contributed by atoms with E-state index in [-0.39, 0.29) is 109 Å². The van der Waals surface area contributed by atoms with E-state index in [9.17, 15) is 8.42 Å². The Balaban J connectivity index is -0.0000000408. The van der Waals surface area contributed by atoms with Crippen molar-refractivity contribution in [2.24, 2.45) is 0 Å². The second kappa shape index (κ2) is 13.5. The summed E-state index contributed by atoms with van der Waals surface area (Å²) in [5, 5.41) is 7.43. The third-order valence-electron chi connectivity index (χ3n) is 0.155. The molecule has 0 aliphatic rings. The maximum absolute atomic E-state index is 9.33. The average molecular weight is 252 g/mol. The second-order valence-electron chi connectivity index (χ2n) is 0.726. The van der Waals surface area contributed by atoms with Gasteiger partial charge in [-0.1, -0.05) is 0 Å². The number of hydrogen-bond acceptors (Lipinski definition) is 5. The first-order valence-corrected chi connectivity index (χ1v) is 2.60. The molecule has 0 aromatic carbocycles. The van der Waals surface area contributed by atoms with E-state index in [0.29, 0.717) is 0 Å². The van der Waals surface area contributed by atoms with E-state index < -0.39 is 15.5 Å². The first-order valence-electron chi connectivity index (χ1n) is 1.23. The minimum atomic E-state index is -4.92. The molecule has 0 amide bonds. The minimum absolute atomic E-state index is 0. The van der Waals surface area contributed by atoms with Crippen molar-refractivity contribution in [3.05, 3.63) is 10.1 Å². The second-order valence-corrected chi connectivity index (χ2v) is 1.73. The van der Waals surface area contributed by atoms with E-state index in [1.807, 2.05) is 0 Å². The van der Waals surface area contributed by atoms with Gasteiger partial charge in [-0.05, 0) is 0 Å². The SMILES string of the molecule is O.O=[N+]([O-])OS(=O)(=O)O.[KH].[MgH2].[NaH]. The van der Waals surface area contributed by atoms with Gasteiger partial charge in [-0.15, -0.1) is 10.1 Å². The van der Waals surface area contributed by atoms with Crippen molar-refractivity contribution in [1.29, 1.82) is 0 Å². The van der Waals surface area contributed by atoms with Crippen molar-refractivity contribution in [2.45, 2.75) is 0 Å². The number of rotatable bonds is 2. The van der Waals surface area contributed by atoms with Gasteiger partial charge in [0.1, 0.15) is 0 Å². The van der Waals surface area contributed by atoms with E-state index in [1.54, 1.807) is 0 Å². The molecule has 0 heterocycles. The molecule has 0 aromatic rings. The van der Waals surface area contributed by atoms with Crippen molar-refractivity contribution in [3.63, 3.8) is 0 Å². The third-order valence-corrected chi connectivity index (χ3v) is 0.465. The molecule has 0 rings (SSSR count). The Morgan fingerprint density at radius 2 is 1.67 bits per heavy atom. The van der Waals surface area contributed by atoms with E-state index in [4.69, 9.17) is 14.7 Å². The van der Waals surface area contributed by atoms with Gasteiger partial charge in [0, 0.05) is 0 Å². The van der Waals surface area contributed by atoms with Crippen LogP contribution in [0.1, 0.15) is 0 Å². The normalized spacial score (nSPS) is 7.08. The molecule has 3 N–H and O–H groups in total. The molecule has 64 valence electrons. The summed E-state index contributed by atoms with van der Waals surface area (Å²) in [4.78, 5) is 9.06. The van der Waals surface area contributed by atoms with Gasteiger partial charge < -0.3 is 5.48 Å². The molecule has 0 bridgehead atoms. The summed E-state index contributed by atoms with van der Waals surface area (Å²) in [6, 6.07) is 0. The fourth-order valence-electron chi connectivity index (χ4n) is 0.0769. The first kappa shape index (κ1) is 29.3. The van der Waals surface area contributed by atoms with Crippen LogP contribution in [0.3, 0.4) is 0 Å². The number of nitrogens with zero attached hydrogens (tertiary/aromatic N) is 1. The van der Waals surface area contributed by atoms with Crippen LogP contribution >= 0.6 is 0 Å². The van der Waals surface area contributed by atoms with E-state index in [2.05, 4.69) is 4.28 Å². The van der Waals surface area contributed by atoms with E-state index >= 15 is 0 Å². The van der Waals surface area contributed by atoms with Crippen LogP contribution < -0.4 is 0 Å². The third kappa shape index (κ3) is 29.4. The van der Waals surface area contributed by atoms with Crippen LogP contribution in [-0.4, -0.2) is 128 Å². The van der Waals surface area contributed by atoms with E-state index in [0.717, 1.165) is 0 Å². The summed E-state index contributed by atoms with van der Waals surface area (Å²) in [7, 11) is -4.92. The Labute approximate surface area is 149 Å². The molecule has 0 radical (unpaired) electrons. The summed E-state index contributed by atoms with van der Waals surface area (Å²) in [6.07, 6.45) is 0. The Kier molecular flexibility index (Phi) is 32.9. The van der Waals surface area contributed by atoms with Gasteiger partial charge in [-0.3, -0.25) is 4.55 Å². The molecule has 0 atom stereocenters. The van der Waals surface area contributed by atoms with Gasteiger partial charge in [-0.25, -0.2) is 0 Å². The molecule has 0 fully saturated rings. The summed E-state index contributed by atoms with van der Waals surface area (Å²) in [5.74, 6) is 0. The fraction of sp³-hybridized carbons (Fsp3) is 0. The van der Waals surface area contributed by atoms with Crippen LogP contribution in [-0.2, 0) is 14.7 Å². The Morgan fingerprint density at radius 1 is 1.42 bits per heavy atom. The monoisotopic (exact) mass is 251 g/mol. The van der Waals surface area contributed by atoms with Crippen molar-refractivity contribution in [3.8, 4) is 0 Å². The molecule has 0 spiro atoms. The van der Waals surface area contributed by atoms with Gasteiger partial charge >= 0.3 is 119 Å². The van der Waals surface area contributed by atoms with Gasteiger partial charge in [0.25, 0.3) is 0 Å². The zero-order valence-corrected chi connectivity index (χ0v) is 4.66.